The molecule has 1 rings (SSSR count). The van der Waals surface area contributed by atoms with Crippen LogP contribution in [0.15, 0.2) is 0 Å². The van der Waals surface area contributed by atoms with E-state index in [9.17, 15) is 14.7 Å². The largest absolute Gasteiger partial charge is 0.480 e. The van der Waals surface area contributed by atoms with Crippen molar-refractivity contribution in [2.75, 3.05) is 26.2 Å². The molecule has 1 aliphatic heterocycles. The molecule has 0 bridgehead atoms. The molecule has 0 saturated carbocycles. The Balaban J connectivity index is 2.69. The first-order valence-electron chi connectivity index (χ1n) is 7.97. The average molecular weight is 298 g/mol. The molecule has 1 amide bonds. The maximum atomic E-state index is 12.5. The Labute approximate surface area is 128 Å². The number of likely N-dealkylation sites (tertiary alicyclic amines) is 1. The van der Waals surface area contributed by atoms with Crippen LogP contribution in [0, 0.1) is 17.8 Å². The zero-order chi connectivity index (χ0) is 16.2. The van der Waals surface area contributed by atoms with Crippen molar-refractivity contribution in [1.82, 2.24) is 9.80 Å². The number of carbonyl (C=O) groups excluding carboxylic acids is 1. The minimum absolute atomic E-state index is 0.0535. The maximum absolute atomic E-state index is 12.5. The molecule has 5 heteroatoms. The summed E-state index contributed by atoms with van der Waals surface area (Å²) in [5, 5.41) is 9.33. The number of carboxylic acids is 1. The van der Waals surface area contributed by atoms with E-state index in [0.717, 1.165) is 19.5 Å². The normalized spacial score (nSPS) is 23.0. The fourth-order valence-corrected chi connectivity index (χ4v) is 3.04. The summed E-state index contributed by atoms with van der Waals surface area (Å²) >= 11 is 0. The molecule has 2 unspecified atom stereocenters. The van der Waals surface area contributed by atoms with Crippen LogP contribution in [0.2, 0.25) is 0 Å². The molecule has 1 heterocycles. The SMILES string of the molecule is CC(C)CN(CC(C)C)C(=O)CN1CCC(C)C1C(=O)O. The van der Waals surface area contributed by atoms with Crippen molar-refractivity contribution in [2.24, 2.45) is 17.8 Å². The van der Waals surface area contributed by atoms with Gasteiger partial charge in [-0.2, -0.15) is 0 Å². The minimum atomic E-state index is -0.813. The van der Waals surface area contributed by atoms with Gasteiger partial charge in [0.25, 0.3) is 0 Å². The summed E-state index contributed by atoms with van der Waals surface area (Å²) in [5.41, 5.74) is 0. The molecule has 0 spiro atoms. The zero-order valence-corrected chi connectivity index (χ0v) is 14.0. The second-order valence-electron chi connectivity index (χ2n) is 7.11. The third kappa shape index (κ3) is 5.30. The third-order valence-corrected chi connectivity index (χ3v) is 3.92. The molecule has 0 radical (unpaired) electrons. The van der Waals surface area contributed by atoms with E-state index in [1.165, 1.54) is 0 Å². The fraction of sp³-hybridized carbons (Fsp3) is 0.875. The molecule has 21 heavy (non-hydrogen) atoms. The number of rotatable bonds is 7. The van der Waals surface area contributed by atoms with E-state index >= 15 is 0 Å². The van der Waals surface area contributed by atoms with Crippen molar-refractivity contribution < 1.29 is 14.7 Å². The summed E-state index contributed by atoms with van der Waals surface area (Å²) in [6.07, 6.45) is 0.846. The van der Waals surface area contributed by atoms with Gasteiger partial charge in [-0.25, -0.2) is 0 Å². The van der Waals surface area contributed by atoms with Crippen LogP contribution in [0.1, 0.15) is 41.0 Å². The minimum Gasteiger partial charge on any atom is -0.480 e. The van der Waals surface area contributed by atoms with Crippen molar-refractivity contribution in [3.63, 3.8) is 0 Å². The molecular formula is C16H30N2O3. The molecule has 0 aromatic rings. The van der Waals surface area contributed by atoms with Crippen LogP contribution in [-0.2, 0) is 9.59 Å². The summed E-state index contributed by atoms with van der Waals surface area (Å²) in [7, 11) is 0. The second-order valence-corrected chi connectivity index (χ2v) is 7.11. The number of nitrogens with zero attached hydrogens (tertiary/aromatic N) is 2. The highest BCUT2D eigenvalue weighted by atomic mass is 16.4. The monoisotopic (exact) mass is 298 g/mol. The lowest BCUT2D eigenvalue weighted by atomic mass is 10.0. The van der Waals surface area contributed by atoms with Gasteiger partial charge in [-0.3, -0.25) is 14.5 Å². The summed E-state index contributed by atoms with van der Waals surface area (Å²) in [6.45, 7) is 12.7. The first kappa shape index (κ1) is 18.0. The lowest BCUT2D eigenvalue weighted by Gasteiger charge is -2.30. The summed E-state index contributed by atoms with van der Waals surface area (Å²) in [5.74, 6) is 0.185. The Hall–Kier alpha value is -1.10. The lowest BCUT2D eigenvalue weighted by molar-refractivity contribution is -0.144. The van der Waals surface area contributed by atoms with Crippen LogP contribution < -0.4 is 0 Å². The van der Waals surface area contributed by atoms with Crippen molar-refractivity contribution in [1.29, 1.82) is 0 Å². The molecular weight excluding hydrogens is 268 g/mol. The predicted molar refractivity (Wildman–Crippen MR) is 83.0 cm³/mol. The molecule has 1 saturated heterocycles. The molecule has 1 N–H and O–H groups in total. The van der Waals surface area contributed by atoms with E-state index in [1.807, 2.05) is 16.7 Å². The van der Waals surface area contributed by atoms with Gasteiger partial charge in [-0.05, 0) is 30.7 Å². The van der Waals surface area contributed by atoms with Gasteiger partial charge in [0.1, 0.15) is 6.04 Å². The van der Waals surface area contributed by atoms with Gasteiger partial charge in [-0.1, -0.05) is 34.6 Å². The molecule has 2 atom stereocenters. The van der Waals surface area contributed by atoms with Gasteiger partial charge in [0.05, 0.1) is 6.54 Å². The Bertz CT molecular complexity index is 359. The number of aliphatic carboxylic acids is 1. The number of amides is 1. The summed E-state index contributed by atoms with van der Waals surface area (Å²) in [6, 6.07) is -0.520. The number of carbonyl (C=O) groups is 2. The maximum Gasteiger partial charge on any atom is 0.321 e. The Morgan fingerprint density at radius 1 is 1.19 bits per heavy atom. The van der Waals surface area contributed by atoms with Crippen molar-refractivity contribution in [3.05, 3.63) is 0 Å². The second kappa shape index (κ2) is 7.78. The van der Waals surface area contributed by atoms with Crippen LogP contribution in [0.4, 0.5) is 0 Å². The highest BCUT2D eigenvalue weighted by Crippen LogP contribution is 2.24. The van der Waals surface area contributed by atoms with Crippen molar-refractivity contribution >= 4 is 11.9 Å². The van der Waals surface area contributed by atoms with Crippen molar-refractivity contribution in [3.8, 4) is 0 Å². The molecule has 122 valence electrons. The first-order valence-corrected chi connectivity index (χ1v) is 7.97. The van der Waals surface area contributed by atoms with E-state index in [0.29, 0.717) is 18.4 Å². The van der Waals surface area contributed by atoms with Gasteiger partial charge in [0.2, 0.25) is 5.91 Å². The lowest BCUT2D eigenvalue weighted by Crippen LogP contribution is -2.47. The third-order valence-electron chi connectivity index (χ3n) is 3.92. The fourth-order valence-electron chi connectivity index (χ4n) is 3.04. The van der Waals surface area contributed by atoms with E-state index in [2.05, 4.69) is 27.7 Å². The van der Waals surface area contributed by atoms with Crippen LogP contribution in [-0.4, -0.2) is 59.0 Å². The van der Waals surface area contributed by atoms with Gasteiger partial charge >= 0.3 is 5.97 Å². The van der Waals surface area contributed by atoms with Gasteiger partial charge in [-0.15, -0.1) is 0 Å². The predicted octanol–water partition coefficient (Wildman–Crippen LogP) is 1.92. The molecule has 1 aliphatic rings. The highest BCUT2D eigenvalue weighted by molar-refractivity contribution is 5.80. The standard InChI is InChI=1S/C16H30N2O3/c1-11(2)8-18(9-12(3)4)14(19)10-17-7-6-13(5)15(17)16(20)21/h11-13,15H,6-10H2,1-5H3,(H,20,21). The first-order chi connectivity index (χ1) is 9.72. The smallest absolute Gasteiger partial charge is 0.321 e. The molecule has 0 aromatic heterocycles. The van der Waals surface area contributed by atoms with Crippen LogP contribution in [0.5, 0.6) is 0 Å². The molecule has 0 aliphatic carbocycles. The summed E-state index contributed by atoms with van der Waals surface area (Å²) in [4.78, 5) is 27.6. The van der Waals surface area contributed by atoms with E-state index < -0.39 is 12.0 Å². The Morgan fingerprint density at radius 2 is 1.71 bits per heavy atom. The van der Waals surface area contributed by atoms with Crippen LogP contribution >= 0.6 is 0 Å². The van der Waals surface area contributed by atoms with Crippen molar-refractivity contribution in [2.45, 2.75) is 47.1 Å². The summed E-state index contributed by atoms with van der Waals surface area (Å²) < 4.78 is 0. The van der Waals surface area contributed by atoms with Crippen LogP contribution in [0.3, 0.4) is 0 Å². The number of hydrogen-bond acceptors (Lipinski definition) is 3. The molecule has 0 aromatic carbocycles. The van der Waals surface area contributed by atoms with E-state index in [4.69, 9.17) is 0 Å². The van der Waals surface area contributed by atoms with Gasteiger partial charge < -0.3 is 10.0 Å². The Kier molecular flexibility index (Phi) is 6.65. The van der Waals surface area contributed by atoms with E-state index in [1.54, 1.807) is 0 Å². The molecule has 5 nitrogen and oxygen atoms in total. The topological polar surface area (TPSA) is 60.9 Å². The van der Waals surface area contributed by atoms with Gasteiger partial charge in [0, 0.05) is 13.1 Å². The quantitative estimate of drug-likeness (QED) is 0.780. The van der Waals surface area contributed by atoms with Crippen LogP contribution in [0.25, 0.3) is 0 Å². The van der Waals surface area contributed by atoms with Gasteiger partial charge in [0.15, 0.2) is 0 Å². The van der Waals surface area contributed by atoms with E-state index in [-0.39, 0.29) is 18.4 Å². The molecule has 1 fully saturated rings. The Morgan fingerprint density at radius 3 is 2.14 bits per heavy atom. The number of hydrogen-bond donors (Lipinski definition) is 1. The number of carboxylic acid groups (broad SMARTS) is 1. The average Bonchev–Trinajstić information content (AvgIpc) is 2.68. The zero-order valence-electron chi connectivity index (χ0n) is 14.0. The highest BCUT2D eigenvalue weighted by Gasteiger charge is 2.38.